The van der Waals surface area contributed by atoms with Gasteiger partial charge in [0, 0.05) is 6.42 Å². The van der Waals surface area contributed by atoms with Crippen LogP contribution in [0.15, 0.2) is 6.33 Å². The van der Waals surface area contributed by atoms with Crippen molar-refractivity contribution in [3.63, 3.8) is 0 Å². The van der Waals surface area contributed by atoms with Crippen molar-refractivity contribution in [1.82, 2.24) is 14.8 Å². The second kappa shape index (κ2) is 3.16. The summed E-state index contributed by atoms with van der Waals surface area (Å²) in [5, 5.41) is 16.5. The zero-order chi connectivity index (χ0) is 10.1. The molecular weight excluding hydrogens is 170 g/mol. The van der Waals surface area contributed by atoms with Crippen molar-refractivity contribution >= 4 is 5.97 Å². The summed E-state index contributed by atoms with van der Waals surface area (Å²) in [6.07, 6.45) is 2.13. The highest BCUT2D eigenvalue weighted by molar-refractivity contribution is 5.75. The first-order chi connectivity index (χ1) is 6.00. The molecule has 1 N–H and O–H groups in total. The summed E-state index contributed by atoms with van der Waals surface area (Å²) in [7, 11) is 0. The van der Waals surface area contributed by atoms with Crippen LogP contribution in [0.1, 0.15) is 26.6 Å². The zero-order valence-corrected chi connectivity index (χ0v) is 7.98. The van der Waals surface area contributed by atoms with Gasteiger partial charge in [0.05, 0.1) is 0 Å². The second-order valence-electron chi connectivity index (χ2n) is 3.33. The number of carboxylic acid groups (broad SMARTS) is 1. The number of carboxylic acids is 1. The van der Waals surface area contributed by atoms with E-state index in [1.165, 1.54) is 6.33 Å². The van der Waals surface area contributed by atoms with E-state index in [0.717, 1.165) is 0 Å². The lowest BCUT2D eigenvalue weighted by Gasteiger charge is -2.22. The number of hydrogen-bond donors (Lipinski definition) is 1. The minimum Gasteiger partial charge on any atom is -0.480 e. The molecule has 5 nitrogen and oxygen atoms in total. The predicted molar refractivity (Wildman–Crippen MR) is 46.4 cm³/mol. The van der Waals surface area contributed by atoms with Crippen molar-refractivity contribution < 1.29 is 9.90 Å². The maximum Gasteiger partial charge on any atom is 0.329 e. The van der Waals surface area contributed by atoms with Gasteiger partial charge in [-0.05, 0) is 13.8 Å². The van der Waals surface area contributed by atoms with Gasteiger partial charge in [-0.3, -0.25) is 0 Å². The number of carbonyl (C=O) groups is 1. The number of aryl methyl sites for hydroxylation is 1. The molecule has 0 unspecified atom stereocenters. The monoisotopic (exact) mass is 183 g/mol. The third-order valence-electron chi connectivity index (χ3n) is 2.06. The van der Waals surface area contributed by atoms with Gasteiger partial charge in [0.25, 0.3) is 0 Å². The third-order valence-corrected chi connectivity index (χ3v) is 2.06. The highest BCUT2D eigenvalue weighted by Gasteiger charge is 2.30. The van der Waals surface area contributed by atoms with Gasteiger partial charge in [0.2, 0.25) is 0 Å². The van der Waals surface area contributed by atoms with Crippen LogP contribution in [-0.2, 0) is 16.8 Å². The summed E-state index contributed by atoms with van der Waals surface area (Å²) in [5.41, 5.74) is -0.977. The number of aliphatic carboxylic acids is 1. The Morgan fingerprint density at radius 2 is 2.31 bits per heavy atom. The van der Waals surface area contributed by atoms with Crippen molar-refractivity contribution in [2.45, 2.75) is 32.7 Å². The molecule has 72 valence electrons. The Morgan fingerprint density at radius 1 is 1.69 bits per heavy atom. The SMILES string of the molecule is CCc1nncn1C(C)(C)C(=O)O. The fourth-order valence-corrected chi connectivity index (χ4v) is 1.07. The number of hydrogen-bond acceptors (Lipinski definition) is 3. The molecule has 0 fully saturated rings. The molecule has 0 radical (unpaired) electrons. The van der Waals surface area contributed by atoms with Crippen LogP contribution < -0.4 is 0 Å². The van der Waals surface area contributed by atoms with E-state index in [1.54, 1.807) is 18.4 Å². The van der Waals surface area contributed by atoms with Gasteiger partial charge in [0.1, 0.15) is 17.7 Å². The lowest BCUT2D eigenvalue weighted by molar-refractivity contribution is -0.145. The van der Waals surface area contributed by atoms with E-state index < -0.39 is 11.5 Å². The van der Waals surface area contributed by atoms with Crippen molar-refractivity contribution in [2.75, 3.05) is 0 Å². The summed E-state index contributed by atoms with van der Waals surface area (Å²) in [6, 6.07) is 0. The normalized spacial score (nSPS) is 11.6. The van der Waals surface area contributed by atoms with Crippen LogP contribution in [0.25, 0.3) is 0 Å². The number of rotatable bonds is 3. The van der Waals surface area contributed by atoms with E-state index in [-0.39, 0.29) is 0 Å². The first-order valence-electron chi connectivity index (χ1n) is 4.13. The molecule has 0 aliphatic heterocycles. The van der Waals surface area contributed by atoms with E-state index in [2.05, 4.69) is 10.2 Å². The topological polar surface area (TPSA) is 68.0 Å². The van der Waals surface area contributed by atoms with Gasteiger partial charge >= 0.3 is 5.97 Å². The predicted octanol–water partition coefficient (Wildman–Crippen LogP) is 0.660. The first kappa shape index (κ1) is 9.70. The Hall–Kier alpha value is -1.39. The van der Waals surface area contributed by atoms with Crippen LogP contribution in [0.3, 0.4) is 0 Å². The Labute approximate surface area is 76.4 Å². The first-order valence-corrected chi connectivity index (χ1v) is 4.13. The van der Waals surface area contributed by atoms with E-state index in [1.807, 2.05) is 6.92 Å². The molecule has 0 bridgehead atoms. The van der Waals surface area contributed by atoms with Gasteiger partial charge in [-0.25, -0.2) is 4.79 Å². The van der Waals surface area contributed by atoms with Crippen LogP contribution in [0.2, 0.25) is 0 Å². The number of nitrogens with zero attached hydrogens (tertiary/aromatic N) is 3. The van der Waals surface area contributed by atoms with Crippen molar-refractivity contribution in [3.05, 3.63) is 12.2 Å². The fourth-order valence-electron chi connectivity index (χ4n) is 1.07. The van der Waals surface area contributed by atoms with Gasteiger partial charge in [0.15, 0.2) is 0 Å². The Balaban J connectivity index is 3.13. The molecule has 0 saturated heterocycles. The standard InChI is InChI=1S/C8H13N3O2/c1-4-6-10-9-5-11(6)8(2,3)7(12)13/h5H,4H2,1-3H3,(H,12,13). The van der Waals surface area contributed by atoms with Crippen LogP contribution in [-0.4, -0.2) is 25.8 Å². The van der Waals surface area contributed by atoms with Gasteiger partial charge < -0.3 is 9.67 Å². The quantitative estimate of drug-likeness (QED) is 0.747. The van der Waals surface area contributed by atoms with E-state index in [9.17, 15) is 4.79 Å². The Kier molecular flexibility index (Phi) is 2.36. The molecule has 0 aliphatic rings. The molecule has 0 aliphatic carbocycles. The summed E-state index contributed by atoms with van der Waals surface area (Å²) < 4.78 is 1.58. The van der Waals surface area contributed by atoms with Crippen LogP contribution >= 0.6 is 0 Å². The summed E-state index contributed by atoms with van der Waals surface area (Å²) in [4.78, 5) is 10.9. The molecule has 0 amide bonds. The second-order valence-corrected chi connectivity index (χ2v) is 3.33. The lowest BCUT2D eigenvalue weighted by atomic mass is 10.1. The molecule has 13 heavy (non-hydrogen) atoms. The molecule has 1 aromatic heterocycles. The molecule has 1 aromatic rings. The van der Waals surface area contributed by atoms with Crippen LogP contribution in [0, 0.1) is 0 Å². The van der Waals surface area contributed by atoms with Gasteiger partial charge in [-0.1, -0.05) is 6.92 Å². The van der Waals surface area contributed by atoms with Crippen molar-refractivity contribution in [2.24, 2.45) is 0 Å². The summed E-state index contributed by atoms with van der Waals surface area (Å²) in [5.74, 6) is -0.200. The Morgan fingerprint density at radius 3 is 2.77 bits per heavy atom. The average Bonchev–Trinajstić information content (AvgIpc) is 2.51. The maximum atomic E-state index is 10.9. The molecule has 1 rings (SSSR count). The highest BCUT2D eigenvalue weighted by atomic mass is 16.4. The molecule has 1 heterocycles. The van der Waals surface area contributed by atoms with Gasteiger partial charge in [-0.2, -0.15) is 0 Å². The zero-order valence-electron chi connectivity index (χ0n) is 7.98. The third kappa shape index (κ3) is 1.54. The molecule has 0 aromatic carbocycles. The molecule has 5 heteroatoms. The smallest absolute Gasteiger partial charge is 0.329 e. The maximum absolute atomic E-state index is 10.9. The molecular formula is C8H13N3O2. The fraction of sp³-hybridized carbons (Fsp3) is 0.625. The molecule has 0 atom stereocenters. The van der Waals surface area contributed by atoms with Crippen LogP contribution in [0.5, 0.6) is 0 Å². The van der Waals surface area contributed by atoms with Crippen molar-refractivity contribution in [3.8, 4) is 0 Å². The van der Waals surface area contributed by atoms with E-state index in [4.69, 9.17) is 5.11 Å². The number of aromatic nitrogens is 3. The van der Waals surface area contributed by atoms with Gasteiger partial charge in [-0.15, -0.1) is 10.2 Å². The molecule has 0 spiro atoms. The summed E-state index contributed by atoms with van der Waals surface area (Å²) >= 11 is 0. The minimum atomic E-state index is -0.977. The largest absolute Gasteiger partial charge is 0.480 e. The van der Waals surface area contributed by atoms with E-state index >= 15 is 0 Å². The van der Waals surface area contributed by atoms with E-state index in [0.29, 0.717) is 12.2 Å². The molecule has 0 saturated carbocycles. The van der Waals surface area contributed by atoms with Crippen molar-refractivity contribution in [1.29, 1.82) is 0 Å². The highest BCUT2D eigenvalue weighted by Crippen LogP contribution is 2.16. The minimum absolute atomic E-state index is 0.677. The van der Waals surface area contributed by atoms with Crippen LogP contribution in [0.4, 0.5) is 0 Å². The average molecular weight is 183 g/mol. The summed E-state index contributed by atoms with van der Waals surface area (Å²) in [6.45, 7) is 5.16. The Bertz CT molecular complexity index is 317. The lowest BCUT2D eigenvalue weighted by Crippen LogP contribution is -2.36.